The molecule has 3 heteroatoms. The van der Waals surface area contributed by atoms with Gasteiger partial charge in [-0.15, -0.1) is 0 Å². The van der Waals surface area contributed by atoms with E-state index in [2.05, 4.69) is 11.8 Å². The van der Waals surface area contributed by atoms with Crippen molar-refractivity contribution in [3.8, 4) is 5.75 Å². The Labute approximate surface area is 122 Å². The second-order valence-electron chi connectivity index (χ2n) is 5.76. The van der Waals surface area contributed by atoms with E-state index in [0.29, 0.717) is 0 Å². The number of rotatable bonds is 7. The zero-order chi connectivity index (χ0) is 14.4. The average Bonchev–Trinajstić information content (AvgIpc) is 2.97. The zero-order valence-electron chi connectivity index (χ0n) is 12.7. The van der Waals surface area contributed by atoms with E-state index in [-0.39, 0.29) is 18.2 Å². The molecule has 3 unspecified atom stereocenters. The molecule has 1 saturated heterocycles. The number of hydrogen-bond acceptors (Lipinski definition) is 3. The summed E-state index contributed by atoms with van der Waals surface area (Å²) in [7, 11) is 0. The molecule has 1 aliphatic heterocycles. The van der Waals surface area contributed by atoms with E-state index in [9.17, 15) is 5.11 Å². The van der Waals surface area contributed by atoms with Gasteiger partial charge in [0, 0.05) is 19.0 Å². The molecule has 1 aromatic rings. The summed E-state index contributed by atoms with van der Waals surface area (Å²) in [5.41, 5.74) is 0. The summed E-state index contributed by atoms with van der Waals surface area (Å²) in [5.74, 6) is 1.06. The maximum absolute atomic E-state index is 10.1. The fourth-order valence-corrected chi connectivity index (χ4v) is 3.02. The molecule has 0 bridgehead atoms. The highest BCUT2D eigenvalue weighted by molar-refractivity contribution is 5.21. The predicted octanol–water partition coefficient (Wildman–Crippen LogP) is 3.28. The maximum atomic E-state index is 10.1. The largest absolute Gasteiger partial charge is 0.475 e. The number of benzene rings is 1. The highest BCUT2D eigenvalue weighted by atomic mass is 16.5. The Kier molecular flexibility index (Phi) is 5.86. The van der Waals surface area contributed by atoms with Crippen LogP contribution in [-0.2, 0) is 0 Å². The molecule has 20 heavy (non-hydrogen) atoms. The Hall–Kier alpha value is -1.06. The van der Waals surface area contributed by atoms with Gasteiger partial charge in [0.1, 0.15) is 5.75 Å². The van der Waals surface area contributed by atoms with E-state index in [1.54, 1.807) is 0 Å². The van der Waals surface area contributed by atoms with Gasteiger partial charge in [0.05, 0.1) is 6.10 Å². The van der Waals surface area contributed by atoms with Crippen LogP contribution in [0.5, 0.6) is 5.75 Å². The summed E-state index contributed by atoms with van der Waals surface area (Å²) < 4.78 is 6.24. The topological polar surface area (TPSA) is 32.7 Å². The van der Waals surface area contributed by atoms with Gasteiger partial charge in [-0.25, -0.2) is 0 Å². The smallest absolute Gasteiger partial charge is 0.157 e. The lowest BCUT2D eigenvalue weighted by Gasteiger charge is -2.36. The van der Waals surface area contributed by atoms with Crippen LogP contribution in [0.4, 0.5) is 0 Å². The average molecular weight is 277 g/mol. The first kappa shape index (κ1) is 15.3. The van der Waals surface area contributed by atoms with Gasteiger partial charge in [-0.1, -0.05) is 31.5 Å². The van der Waals surface area contributed by atoms with Gasteiger partial charge in [0.25, 0.3) is 0 Å². The van der Waals surface area contributed by atoms with Gasteiger partial charge in [-0.3, -0.25) is 4.90 Å². The molecule has 0 aliphatic carbocycles. The minimum Gasteiger partial charge on any atom is -0.475 e. The van der Waals surface area contributed by atoms with Crippen LogP contribution in [0, 0.1) is 5.92 Å². The monoisotopic (exact) mass is 277 g/mol. The van der Waals surface area contributed by atoms with Gasteiger partial charge in [-0.2, -0.15) is 0 Å². The first-order valence-corrected chi connectivity index (χ1v) is 7.86. The normalized spacial score (nSPS) is 20.6. The molecule has 1 N–H and O–H groups in total. The van der Waals surface area contributed by atoms with Crippen LogP contribution in [0.3, 0.4) is 0 Å². The van der Waals surface area contributed by atoms with Crippen LogP contribution in [-0.4, -0.2) is 35.4 Å². The minimum absolute atomic E-state index is 0.0140. The maximum Gasteiger partial charge on any atom is 0.157 e. The van der Waals surface area contributed by atoms with Crippen molar-refractivity contribution in [2.45, 2.75) is 51.9 Å². The van der Waals surface area contributed by atoms with Crippen molar-refractivity contribution in [1.82, 2.24) is 4.90 Å². The Morgan fingerprint density at radius 1 is 1.20 bits per heavy atom. The van der Waals surface area contributed by atoms with Crippen molar-refractivity contribution in [3.63, 3.8) is 0 Å². The second kappa shape index (κ2) is 7.65. The molecule has 0 saturated carbocycles. The lowest BCUT2D eigenvalue weighted by Crippen LogP contribution is -2.46. The molecule has 1 heterocycles. The van der Waals surface area contributed by atoms with Gasteiger partial charge < -0.3 is 9.84 Å². The summed E-state index contributed by atoms with van der Waals surface area (Å²) in [6.07, 6.45) is 4.16. The molecule has 112 valence electrons. The highest BCUT2D eigenvalue weighted by Crippen LogP contribution is 2.27. The van der Waals surface area contributed by atoms with Crippen LogP contribution in [0.1, 0.15) is 39.5 Å². The van der Waals surface area contributed by atoms with E-state index in [4.69, 9.17) is 4.74 Å². The van der Waals surface area contributed by atoms with Crippen molar-refractivity contribution < 1.29 is 9.84 Å². The van der Waals surface area contributed by atoms with Crippen LogP contribution >= 0.6 is 0 Å². The third-order valence-electron chi connectivity index (χ3n) is 4.11. The molecule has 0 aromatic heterocycles. The summed E-state index contributed by atoms with van der Waals surface area (Å²) in [6, 6.07) is 9.97. The quantitative estimate of drug-likeness (QED) is 0.830. The van der Waals surface area contributed by atoms with Gasteiger partial charge in [0.15, 0.2) is 6.23 Å². The standard InChI is InChI=1S/C17H27NO2/c1-3-9-16(14(2)19)17(18-12-7-8-13-18)20-15-10-5-4-6-11-15/h4-6,10-11,14,16-17,19H,3,7-9,12-13H2,1-2H3. The lowest BCUT2D eigenvalue weighted by atomic mass is 9.95. The van der Waals surface area contributed by atoms with Crippen molar-refractivity contribution in [2.75, 3.05) is 13.1 Å². The molecule has 3 atom stereocenters. The fraction of sp³-hybridized carbons (Fsp3) is 0.647. The van der Waals surface area contributed by atoms with Crippen LogP contribution in [0.2, 0.25) is 0 Å². The van der Waals surface area contributed by atoms with E-state index in [1.165, 1.54) is 12.8 Å². The molecule has 1 aliphatic rings. The van der Waals surface area contributed by atoms with Crippen LogP contribution in [0.25, 0.3) is 0 Å². The summed E-state index contributed by atoms with van der Waals surface area (Å²) >= 11 is 0. The molecule has 0 spiro atoms. The number of aliphatic hydroxyl groups is 1. The SMILES string of the molecule is CCCC(C(C)O)C(Oc1ccccc1)N1CCCC1. The van der Waals surface area contributed by atoms with Gasteiger partial charge in [-0.05, 0) is 38.3 Å². The fourth-order valence-electron chi connectivity index (χ4n) is 3.02. The Morgan fingerprint density at radius 3 is 2.40 bits per heavy atom. The lowest BCUT2D eigenvalue weighted by molar-refractivity contribution is -0.0529. The number of hydrogen-bond donors (Lipinski definition) is 1. The summed E-state index contributed by atoms with van der Waals surface area (Å²) in [4.78, 5) is 2.39. The second-order valence-corrected chi connectivity index (χ2v) is 5.76. The van der Waals surface area contributed by atoms with Crippen molar-refractivity contribution in [3.05, 3.63) is 30.3 Å². The van der Waals surface area contributed by atoms with E-state index in [1.807, 2.05) is 37.3 Å². The van der Waals surface area contributed by atoms with Crippen LogP contribution in [0.15, 0.2) is 30.3 Å². The molecule has 2 rings (SSSR count). The summed E-state index contributed by atoms with van der Waals surface area (Å²) in [5, 5.41) is 10.1. The Bertz CT molecular complexity index is 374. The first-order valence-electron chi connectivity index (χ1n) is 7.86. The van der Waals surface area contributed by atoms with E-state index in [0.717, 1.165) is 31.7 Å². The van der Waals surface area contributed by atoms with E-state index >= 15 is 0 Å². The first-order chi connectivity index (χ1) is 9.72. The molecule has 0 amide bonds. The number of ether oxygens (including phenoxy) is 1. The van der Waals surface area contributed by atoms with Gasteiger partial charge >= 0.3 is 0 Å². The van der Waals surface area contributed by atoms with E-state index < -0.39 is 0 Å². The number of para-hydroxylation sites is 1. The summed E-state index contributed by atoms with van der Waals surface area (Å²) in [6.45, 7) is 6.20. The van der Waals surface area contributed by atoms with Crippen molar-refractivity contribution in [2.24, 2.45) is 5.92 Å². The van der Waals surface area contributed by atoms with Crippen molar-refractivity contribution in [1.29, 1.82) is 0 Å². The third-order valence-corrected chi connectivity index (χ3v) is 4.11. The van der Waals surface area contributed by atoms with Crippen LogP contribution < -0.4 is 4.74 Å². The predicted molar refractivity (Wildman–Crippen MR) is 81.7 cm³/mol. The van der Waals surface area contributed by atoms with Gasteiger partial charge in [0.2, 0.25) is 0 Å². The molecular weight excluding hydrogens is 250 g/mol. The minimum atomic E-state index is -0.343. The Balaban J connectivity index is 2.14. The number of aliphatic hydroxyl groups excluding tert-OH is 1. The Morgan fingerprint density at radius 2 is 1.85 bits per heavy atom. The molecule has 0 radical (unpaired) electrons. The molecule has 1 fully saturated rings. The van der Waals surface area contributed by atoms with Crippen molar-refractivity contribution >= 4 is 0 Å². The molecular formula is C17H27NO2. The molecule has 3 nitrogen and oxygen atoms in total. The zero-order valence-corrected chi connectivity index (χ0v) is 12.7. The molecule has 1 aromatic carbocycles. The number of likely N-dealkylation sites (tertiary alicyclic amines) is 1. The third kappa shape index (κ3) is 3.97. The number of nitrogens with zero attached hydrogens (tertiary/aromatic N) is 1. The highest BCUT2D eigenvalue weighted by Gasteiger charge is 2.33.